The van der Waals surface area contributed by atoms with Gasteiger partial charge in [0, 0.05) is 32.3 Å². The molecule has 0 aromatic heterocycles. The van der Waals surface area contributed by atoms with Crippen LogP contribution >= 0.6 is 0 Å². The van der Waals surface area contributed by atoms with Crippen molar-refractivity contribution >= 4 is 0 Å². The first-order chi connectivity index (χ1) is 10.1. The maximum absolute atomic E-state index is 5.31. The van der Waals surface area contributed by atoms with Crippen LogP contribution < -0.4 is 5.32 Å². The highest BCUT2D eigenvalue weighted by molar-refractivity contribution is 5.32. The Morgan fingerprint density at radius 3 is 2.81 bits per heavy atom. The summed E-state index contributed by atoms with van der Waals surface area (Å²) in [6.07, 6.45) is 2.60. The second-order valence-corrected chi connectivity index (χ2v) is 6.32. The van der Waals surface area contributed by atoms with Crippen LogP contribution in [0.4, 0.5) is 0 Å². The standard InChI is InChI=1S/C18H30N2O/c1-14-7-8-18(15(2)12-14)16(3)20(10-11-21-4)13-17-6-5-9-19-17/h7-8,12,16-17,19H,5-6,9-11,13H2,1-4H3. The van der Waals surface area contributed by atoms with Gasteiger partial charge in [0.1, 0.15) is 0 Å². The number of nitrogens with zero attached hydrogens (tertiary/aromatic N) is 1. The number of hydrogen-bond donors (Lipinski definition) is 1. The third-order valence-electron chi connectivity index (χ3n) is 4.62. The maximum Gasteiger partial charge on any atom is 0.0589 e. The zero-order chi connectivity index (χ0) is 15.2. The van der Waals surface area contributed by atoms with Gasteiger partial charge in [0.15, 0.2) is 0 Å². The number of benzene rings is 1. The summed E-state index contributed by atoms with van der Waals surface area (Å²) in [6.45, 7) is 10.8. The van der Waals surface area contributed by atoms with Gasteiger partial charge in [0.2, 0.25) is 0 Å². The van der Waals surface area contributed by atoms with E-state index in [4.69, 9.17) is 4.74 Å². The Labute approximate surface area is 129 Å². The Morgan fingerprint density at radius 2 is 2.19 bits per heavy atom. The molecular weight excluding hydrogens is 260 g/mol. The quantitative estimate of drug-likeness (QED) is 0.835. The van der Waals surface area contributed by atoms with Gasteiger partial charge in [-0.25, -0.2) is 0 Å². The van der Waals surface area contributed by atoms with Gasteiger partial charge in [-0.2, -0.15) is 0 Å². The van der Waals surface area contributed by atoms with Gasteiger partial charge in [0.25, 0.3) is 0 Å². The molecular formula is C18H30N2O. The number of methoxy groups -OCH3 is 1. The minimum atomic E-state index is 0.433. The van der Waals surface area contributed by atoms with Gasteiger partial charge in [0.05, 0.1) is 6.61 Å². The van der Waals surface area contributed by atoms with Gasteiger partial charge in [-0.1, -0.05) is 23.8 Å². The van der Waals surface area contributed by atoms with Crippen molar-refractivity contribution in [2.75, 3.05) is 33.4 Å². The highest BCUT2D eigenvalue weighted by Crippen LogP contribution is 2.25. The molecule has 1 aliphatic heterocycles. The van der Waals surface area contributed by atoms with E-state index < -0.39 is 0 Å². The molecule has 1 N–H and O–H groups in total. The monoisotopic (exact) mass is 290 g/mol. The topological polar surface area (TPSA) is 24.5 Å². The first kappa shape index (κ1) is 16.5. The lowest BCUT2D eigenvalue weighted by atomic mass is 9.98. The zero-order valence-corrected chi connectivity index (χ0v) is 14.0. The third-order valence-corrected chi connectivity index (χ3v) is 4.62. The number of ether oxygens (including phenoxy) is 1. The SMILES string of the molecule is COCCN(CC1CCCN1)C(C)c1ccc(C)cc1C. The maximum atomic E-state index is 5.31. The smallest absolute Gasteiger partial charge is 0.0589 e. The van der Waals surface area contributed by atoms with Gasteiger partial charge in [-0.05, 0) is 51.3 Å². The van der Waals surface area contributed by atoms with Crippen molar-refractivity contribution in [3.8, 4) is 0 Å². The fraction of sp³-hybridized carbons (Fsp3) is 0.667. The molecule has 3 heteroatoms. The molecule has 0 spiro atoms. The van der Waals surface area contributed by atoms with Crippen molar-refractivity contribution in [2.45, 2.75) is 45.7 Å². The molecule has 1 fully saturated rings. The lowest BCUT2D eigenvalue weighted by Crippen LogP contribution is -2.40. The first-order valence-corrected chi connectivity index (χ1v) is 8.15. The van der Waals surface area contributed by atoms with Crippen LogP contribution in [0.3, 0.4) is 0 Å². The predicted octanol–water partition coefficient (Wildman–Crippen LogP) is 3.06. The molecule has 118 valence electrons. The molecule has 1 aliphatic rings. The molecule has 0 bridgehead atoms. The minimum Gasteiger partial charge on any atom is -0.383 e. The normalized spacial score (nSPS) is 20.1. The summed E-state index contributed by atoms with van der Waals surface area (Å²) in [5.41, 5.74) is 4.17. The largest absolute Gasteiger partial charge is 0.383 e. The van der Waals surface area contributed by atoms with Crippen LogP contribution in [0.1, 0.15) is 42.5 Å². The molecule has 3 nitrogen and oxygen atoms in total. The number of hydrogen-bond acceptors (Lipinski definition) is 3. The van der Waals surface area contributed by atoms with E-state index in [1.807, 2.05) is 0 Å². The van der Waals surface area contributed by atoms with Crippen LogP contribution in [0.5, 0.6) is 0 Å². The Bertz CT molecular complexity index is 441. The summed E-state index contributed by atoms with van der Waals surface area (Å²) >= 11 is 0. The summed E-state index contributed by atoms with van der Waals surface area (Å²) in [4.78, 5) is 2.56. The Kier molecular flexibility index (Phi) is 6.22. The molecule has 21 heavy (non-hydrogen) atoms. The van der Waals surface area contributed by atoms with E-state index in [0.29, 0.717) is 12.1 Å². The molecule has 1 heterocycles. The summed E-state index contributed by atoms with van der Waals surface area (Å²) < 4.78 is 5.31. The van der Waals surface area contributed by atoms with Crippen molar-refractivity contribution in [1.29, 1.82) is 0 Å². The van der Waals surface area contributed by atoms with E-state index in [0.717, 1.165) is 19.7 Å². The Hall–Kier alpha value is -0.900. The van der Waals surface area contributed by atoms with Gasteiger partial charge < -0.3 is 10.1 Å². The second kappa shape index (κ2) is 7.92. The van der Waals surface area contributed by atoms with Gasteiger partial charge >= 0.3 is 0 Å². The summed E-state index contributed by atoms with van der Waals surface area (Å²) in [5, 5.41) is 3.61. The summed E-state index contributed by atoms with van der Waals surface area (Å²) in [7, 11) is 1.79. The molecule has 2 unspecified atom stereocenters. The average molecular weight is 290 g/mol. The first-order valence-electron chi connectivity index (χ1n) is 8.15. The van der Waals surface area contributed by atoms with Crippen LogP contribution in [0.25, 0.3) is 0 Å². The van der Waals surface area contributed by atoms with Crippen LogP contribution in [0, 0.1) is 13.8 Å². The highest BCUT2D eigenvalue weighted by Gasteiger charge is 2.22. The molecule has 0 radical (unpaired) electrons. The molecule has 1 aromatic carbocycles. The van der Waals surface area contributed by atoms with E-state index in [-0.39, 0.29) is 0 Å². The van der Waals surface area contributed by atoms with Crippen molar-refractivity contribution < 1.29 is 4.74 Å². The van der Waals surface area contributed by atoms with Gasteiger partial charge in [-0.3, -0.25) is 4.90 Å². The van der Waals surface area contributed by atoms with Crippen molar-refractivity contribution in [3.05, 3.63) is 34.9 Å². The predicted molar refractivity (Wildman–Crippen MR) is 88.8 cm³/mol. The molecule has 1 aromatic rings. The zero-order valence-electron chi connectivity index (χ0n) is 14.0. The van der Waals surface area contributed by atoms with Gasteiger partial charge in [-0.15, -0.1) is 0 Å². The van der Waals surface area contributed by atoms with E-state index in [2.05, 4.69) is 49.2 Å². The Morgan fingerprint density at radius 1 is 1.38 bits per heavy atom. The highest BCUT2D eigenvalue weighted by atomic mass is 16.5. The Balaban J connectivity index is 2.09. The molecule has 2 atom stereocenters. The third kappa shape index (κ3) is 4.53. The number of nitrogens with one attached hydrogen (secondary N) is 1. The molecule has 0 amide bonds. The molecule has 0 aliphatic carbocycles. The van der Waals surface area contributed by atoms with Crippen LogP contribution in [-0.2, 0) is 4.74 Å². The fourth-order valence-corrected chi connectivity index (χ4v) is 3.34. The summed E-state index contributed by atoms with van der Waals surface area (Å²) in [6, 6.07) is 7.87. The lowest BCUT2D eigenvalue weighted by molar-refractivity contribution is 0.117. The van der Waals surface area contributed by atoms with E-state index in [1.165, 1.54) is 36.1 Å². The lowest BCUT2D eigenvalue weighted by Gasteiger charge is -2.32. The number of aryl methyl sites for hydroxylation is 2. The number of rotatable bonds is 7. The summed E-state index contributed by atoms with van der Waals surface area (Å²) in [5.74, 6) is 0. The fourth-order valence-electron chi connectivity index (χ4n) is 3.34. The average Bonchev–Trinajstić information content (AvgIpc) is 2.95. The van der Waals surface area contributed by atoms with Crippen molar-refractivity contribution in [1.82, 2.24) is 10.2 Å². The van der Waals surface area contributed by atoms with Crippen molar-refractivity contribution in [3.63, 3.8) is 0 Å². The van der Waals surface area contributed by atoms with Crippen LogP contribution in [0.15, 0.2) is 18.2 Å². The van der Waals surface area contributed by atoms with E-state index >= 15 is 0 Å². The molecule has 0 saturated carbocycles. The molecule has 1 saturated heterocycles. The van der Waals surface area contributed by atoms with Crippen LogP contribution in [0.2, 0.25) is 0 Å². The van der Waals surface area contributed by atoms with E-state index in [9.17, 15) is 0 Å². The molecule has 2 rings (SSSR count). The van der Waals surface area contributed by atoms with Crippen molar-refractivity contribution in [2.24, 2.45) is 0 Å². The van der Waals surface area contributed by atoms with Crippen LogP contribution in [-0.4, -0.2) is 44.3 Å². The second-order valence-electron chi connectivity index (χ2n) is 6.32. The minimum absolute atomic E-state index is 0.433. The van der Waals surface area contributed by atoms with E-state index in [1.54, 1.807) is 7.11 Å².